The van der Waals surface area contributed by atoms with Gasteiger partial charge in [-0.25, -0.2) is 8.78 Å². The van der Waals surface area contributed by atoms with Crippen LogP contribution in [0.2, 0.25) is 0 Å². The van der Waals surface area contributed by atoms with E-state index in [-0.39, 0.29) is 10.6 Å². The zero-order valence-corrected chi connectivity index (χ0v) is 11.7. The second kappa shape index (κ2) is 6.62. The molecule has 2 amide bonds. The van der Waals surface area contributed by atoms with E-state index in [1.54, 1.807) is 17.5 Å². The molecule has 0 unspecified atom stereocenters. The molecule has 1 aromatic carbocycles. The lowest BCUT2D eigenvalue weighted by atomic mass is 10.3. The minimum absolute atomic E-state index is 0.125. The molecule has 1 heterocycles. The number of thioether (sulfide) groups is 1. The third kappa shape index (κ3) is 3.88. The summed E-state index contributed by atoms with van der Waals surface area (Å²) >= 11 is 2.12. The van der Waals surface area contributed by atoms with Gasteiger partial charge in [-0.05, 0) is 23.6 Å². The Morgan fingerprint density at radius 2 is 2.05 bits per heavy atom. The van der Waals surface area contributed by atoms with Crippen molar-refractivity contribution in [1.29, 1.82) is 0 Å². The van der Waals surface area contributed by atoms with Crippen molar-refractivity contribution >= 4 is 34.9 Å². The molecule has 0 saturated heterocycles. The van der Waals surface area contributed by atoms with Gasteiger partial charge in [0.25, 0.3) is 5.91 Å². The zero-order chi connectivity index (χ0) is 14.5. The van der Waals surface area contributed by atoms with E-state index in [0.29, 0.717) is 4.88 Å². The lowest BCUT2D eigenvalue weighted by Gasteiger charge is -2.04. The fraction of sp³-hybridized carbons (Fsp3) is 0.0769. The maximum Gasteiger partial charge on any atom is 0.267 e. The van der Waals surface area contributed by atoms with Gasteiger partial charge in [0.1, 0.15) is 11.6 Å². The molecule has 0 aliphatic rings. The lowest BCUT2D eigenvalue weighted by Crippen LogP contribution is -2.31. The van der Waals surface area contributed by atoms with Crippen LogP contribution in [0.5, 0.6) is 0 Å². The molecule has 0 bridgehead atoms. The van der Waals surface area contributed by atoms with Crippen LogP contribution >= 0.6 is 23.1 Å². The van der Waals surface area contributed by atoms with Crippen LogP contribution in [0.25, 0.3) is 0 Å². The molecule has 0 aliphatic heterocycles. The average Bonchev–Trinajstić information content (AvgIpc) is 2.91. The number of hydrogen-bond donors (Lipinski definition) is 1. The minimum atomic E-state index is -0.729. The van der Waals surface area contributed by atoms with Crippen molar-refractivity contribution in [2.24, 2.45) is 0 Å². The van der Waals surface area contributed by atoms with Crippen LogP contribution in [0.1, 0.15) is 9.67 Å². The van der Waals surface area contributed by atoms with Crippen molar-refractivity contribution < 1.29 is 18.4 Å². The fourth-order valence-corrected chi connectivity index (χ4v) is 2.71. The largest absolute Gasteiger partial charge is 0.291 e. The molecule has 0 radical (unpaired) electrons. The first-order valence-electron chi connectivity index (χ1n) is 5.52. The Hall–Kier alpha value is -1.73. The van der Waals surface area contributed by atoms with Gasteiger partial charge in [-0.2, -0.15) is 0 Å². The van der Waals surface area contributed by atoms with E-state index in [1.807, 2.05) is 0 Å². The van der Waals surface area contributed by atoms with Gasteiger partial charge in [0.2, 0.25) is 5.91 Å². The molecule has 1 N–H and O–H groups in total. The Balaban J connectivity index is 1.88. The van der Waals surface area contributed by atoms with Gasteiger partial charge in [0, 0.05) is 11.0 Å². The number of thiophene rings is 1. The summed E-state index contributed by atoms with van der Waals surface area (Å²) in [4.78, 5) is 23.7. The summed E-state index contributed by atoms with van der Waals surface area (Å²) in [7, 11) is 0. The van der Waals surface area contributed by atoms with Crippen LogP contribution in [-0.4, -0.2) is 17.6 Å². The highest BCUT2D eigenvalue weighted by Gasteiger charge is 2.12. The van der Waals surface area contributed by atoms with Gasteiger partial charge >= 0.3 is 0 Å². The molecule has 2 rings (SSSR count). The third-order valence-corrected chi connectivity index (χ3v) is 4.17. The maximum absolute atomic E-state index is 13.3. The first kappa shape index (κ1) is 14.7. The number of benzene rings is 1. The van der Waals surface area contributed by atoms with Crippen LogP contribution in [-0.2, 0) is 4.79 Å². The molecular formula is C13H9F2NO2S2. The van der Waals surface area contributed by atoms with E-state index >= 15 is 0 Å². The number of carbonyl (C=O) groups excluding carboxylic acids is 2. The molecule has 0 spiro atoms. The number of imide groups is 1. The number of amides is 2. The molecule has 3 nitrogen and oxygen atoms in total. The normalized spacial score (nSPS) is 10.3. The Labute approximate surface area is 122 Å². The van der Waals surface area contributed by atoms with Gasteiger partial charge in [0.05, 0.1) is 10.6 Å². The Bertz CT molecular complexity index is 629. The number of carbonyl (C=O) groups is 2. The molecule has 20 heavy (non-hydrogen) atoms. The second-order valence-electron chi connectivity index (χ2n) is 3.72. The van der Waals surface area contributed by atoms with E-state index in [9.17, 15) is 18.4 Å². The van der Waals surface area contributed by atoms with E-state index in [4.69, 9.17) is 0 Å². The molecule has 104 valence electrons. The van der Waals surface area contributed by atoms with Crippen LogP contribution in [0, 0.1) is 11.6 Å². The molecular weight excluding hydrogens is 304 g/mol. The highest BCUT2D eigenvalue weighted by molar-refractivity contribution is 8.00. The summed E-state index contributed by atoms with van der Waals surface area (Å²) in [5.41, 5.74) is 0. The van der Waals surface area contributed by atoms with Crippen LogP contribution in [0.4, 0.5) is 8.78 Å². The van der Waals surface area contributed by atoms with E-state index in [1.165, 1.54) is 17.4 Å². The summed E-state index contributed by atoms with van der Waals surface area (Å²) in [6.45, 7) is 0. The number of hydrogen-bond acceptors (Lipinski definition) is 4. The van der Waals surface area contributed by atoms with Crippen LogP contribution < -0.4 is 5.32 Å². The summed E-state index contributed by atoms with van der Waals surface area (Å²) in [5.74, 6) is -2.54. The predicted octanol–water partition coefficient (Wildman–Crippen LogP) is 3.08. The molecule has 7 heteroatoms. The van der Waals surface area contributed by atoms with Crippen molar-refractivity contribution in [2.45, 2.75) is 4.90 Å². The number of rotatable bonds is 4. The monoisotopic (exact) mass is 313 g/mol. The topological polar surface area (TPSA) is 46.2 Å². The first-order chi connectivity index (χ1) is 9.56. The average molecular weight is 313 g/mol. The minimum Gasteiger partial charge on any atom is -0.291 e. The quantitative estimate of drug-likeness (QED) is 0.882. The van der Waals surface area contributed by atoms with E-state index in [2.05, 4.69) is 5.32 Å². The maximum atomic E-state index is 13.3. The Morgan fingerprint density at radius 1 is 1.25 bits per heavy atom. The molecule has 0 fully saturated rings. The lowest BCUT2D eigenvalue weighted by molar-refractivity contribution is -0.117. The SMILES string of the molecule is O=C(CSc1ccc(F)cc1F)NC(=O)c1cccs1. The standard InChI is InChI=1S/C13H9F2NO2S2/c14-8-3-4-10(9(15)6-8)20-7-12(17)16-13(18)11-2-1-5-19-11/h1-6H,7H2,(H,16,17,18). The second-order valence-corrected chi connectivity index (χ2v) is 5.68. The molecule has 0 saturated carbocycles. The summed E-state index contributed by atoms with van der Waals surface area (Å²) in [6, 6.07) is 6.41. The number of nitrogens with one attached hydrogen (secondary N) is 1. The number of halogens is 2. The van der Waals surface area contributed by atoms with Crippen molar-refractivity contribution in [3.63, 3.8) is 0 Å². The highest BCUT2D eigenvalue weighted by atomic mass is 32.2. The first-order valence-corrected chi connectivity index (χ1v) is 7.38. The summed E-state index contributed by atoms with van der Waals surface area (Å²) < 4.78 is 26.0. The van der Waals surface area contributed by atoms with Crippen LogP contribution in [0.15, 0.2) is 40.6 Å². The van der Waals surface area contributed by atoms with Gasteiger partial charge < -0.3 is 0 Å². The van der Waals surface area contributed by atoms with E-state index in [0.717, 1.165) is 23.9 Å². The van der Waals surface area contributed by atoms with Gasteiger partial charge in [-0.15, -0.1) is 23.1 Å². The zero-order valence-electron chi connectivity index (χ0n) is 10.1. The predicted molar refractivity (Wildman–Crippen MR) is 73.9 cm³/mol. The Kier molecular flexibility index (Phi) is 4.86. The van der Waals surface area contributed by atoms with Crippen molar-refractivity contribution in [3.05, 3.63) is 52.2 Å². The smallest absolute Gasteiger partial charge is 0.267 e. The molecule has 0 aliphatic carbocycles. The van der Waals surface area contributed by atoms with Gasteiger partial charge in [-0.3, -0.25) is 14.9 Å². The van der Waals surface area contributed by atoms with Crippen molar-refractivity contribution in [3.8, 4) is 0 Å². The van der Waals surface area contributed by atoms with Gasteiger partial charge in [-0.1, -0.05) is 6.07 Å². The van der Waals surface area contributed by atoms with Gasteiger partial charge in [0.15, 0.2) is 0 Å². The van der Waals surface area contributed by atoms with Crippen LogP contribution in [0.3, 0.4) is 0 Å². The van der Waals surface area contributed by atoms with Crippen molar-refractivity contribution in [1.82, 2.24) is 5.32 Å². The molecule has 1 aromatic heterocycles. The van der Waals surface area contributed by atoms with Crippen molar-refractivity contribution in [2.75, 3.05) is 5.75 Å². The highest BCUT2D eigenvalue weighted by Crippen LogP contribution is 2.22. The molecule has 2 aromatic rings. The fourth-order valence-electron chi connectivity index (χ4n) is 1.37. The van der Waals surface area contributed by atoms with E-state index < -0.39 is 23.4 Å². The Morgan fingerprint density at radius 3 is 2.70 bits per heavy atom. The third-order valence-electron chi connectivity index (χ3n) is 2.25. The summed E-state index contributed by atoms with van der Waals surface area (Å²) in [6.07, 6.45) is 0. The summed E-state index contributed by atoms with van der Waals surface area (Å²) in [5, 5.41) is 3.92. The molecule has 0 atom stereocenters.